The minimum absolute atomic E-state index is 0.152. The number of ether oxygens (including phenoxy) is 1. The third-order valence-electron chi connectivity index (χ3n) is 1.92. The van der Waals surface area contributed by atoms with Gasteiger partial charge in [-0.1, -0.05) is 6.07 Å². The van der Waals surface area contributed by atoms with Crippen LogP contribution in [0.15, 0.2) is 16.6 Å². The summed E-state index contributed by atoms with van der Waals surface area (Å²) in [5.74, 6) is -0.594. The molecular formula is C9H8BrNO4. The van der Waals surface area contributed by atoms with E-state index in [1.54, 1.807) is 6.92 Å². The molecule has 0 heterocycles. The Bertz CT molecular complexity index is 430. The number of benzene rings is 1. The van der Waals surface area contributed by atoms with Gasteiger partial charge in [-0.2, -0.15) is 0 Å². The molecule has 6 heteroatoms. The Hall–Kier alpha value is -1.43. The van der Waals surface area contributed by atoms with Gasteiger partial charge in [-0.05, 0) is 28.4 Å². The van der Waals surface area contributed by atoms with Crippen LogP contribution in [0.3, 0.4) is 0 Å². The van der Waals surface area contributed by atoms with E-state index in [2.05, 4.69) is 20.7 Å². The fourth-order valence-electron chi connectivity index (χ4n) is 1.16. The summed E-state index contributed by atoms with van der Waals surface area (Å²) in [4.78, 5) is 21.4. The molecule has 0 aromatic heterocycles. The lowest BCUT2D eigenvalue weighted by atomic mass is 10.1. The summed E-state index contributed by atoms with van der Waals surface area (Å²) >= 11 is 3.03. The molecule has 0 radical (unpaired) electrons. The van der Waals surface area contributed by atoms with Crippen molar-refractivity contribution in [2.45, 2.75) is 6.92 Å². The van der Waals surface area contributed by atoms with Crippen LogP contribution in [0, 0.1) is 17.0 Å². The lowest BCUT2D eigenvalue weighted by molar-refractivity contribution is -0.385. The summed E-state index contributed by atoms with van der Waals surface area (Å²) in [5, 5.41) is 10.6. The topological polar surface area (TPSA) is 69.4 Å². The number of nitro benzene ring substituents is 1. The minimum Gasteiger partial charge on any atom is -0.465 e. The lowest BCUT2D eigenvalue weighted by Crippen LogP contribution is -2.06. The van der Waals surface area contributed by atoms with E-state index in [-0.39, 0.29) is 15.7 Å². The number of carbonyl (C=O) groups excluding carboxylic acids is 1. The molecule has 5 nitrogen and oxygen atoms in total. The van der Waals surface area contributed by atoms with Crippen molar-refractivity contribution in [2.75, 3.05) is 7.11 Å². The number of nitrogens with zero attached hydrogens (tertiary/aromatic N) is 1. The molecule has 0 unspecified atom stereocenters. The summed E-state index contributed by atoms with van der Waals surface area (Å²) in [6.45, 7) is 1.68. The summed E-state index contributed by atoms with van der Waals surface area (Å²) < 4.78 is 4.69. The van der Waals surface area contributed by atoms with Gasteiger partial charge in [-0.15, -0.1) is 0 Å². The molecule has 80 valence electrons. The zero-order chi connectivity index (χ0) is 11.6. The van der Waals surface area contributed by atoms with Crippen LogP contribution in [0.1, 0.15) is 15.9 Å². The number of hydrogen-bond acceptors (Lipinski definition) is 4. The number of methoxy groups -OCH3 is 1. The SMILES string of the molecule is COC(=O)c1c(C)ccc([N+](=O)[O-])c1Br. The van der Waals surface area contributed by atoms with Gasteiger partial charge in [0.1, 0.15) is 4.47 Å². The second-order valence-corrected chi connectivity index (χ2v) is 3.63. The first-order chi connectivity index (χ1) is 6.99. The monoisotopic (exact) mass is 273 g/mol. The molecule has 0 N–H and O–H groups in total. The van der Waals surface area contributed by atoms with E-state index >= 15 is 0 Å². The molecule has 0 saturated carbocycles. The first kappa shape index (κ1) is 11.6. The molecule has 0 aliphatic rings. The van der Waals surface area contributed by atoms with E-state index in [1.165, 1.54) is 19.2 Å². The number of halogens is 1. The van der Waals surface area contributed by atoms with Crippen molar-refractivity contribution in [1.82, 2.24) is 0 Å². The van der Waals surface area contributed by atoms with Gasteiger partial charge >= 0.3 is 5.97 Å². The Morgan fingerprint density at radius 3 is 2.60 bits per heavy atom. The van der Waals surface area contributed by atoms with Crippen LogP contribution in [0.5, 0.6) is 0 Å². The van der Waals surface area contributed by atoms with Gasteiger partial charge in [0.2, 0.25) is 0 Å². The third kappa shape index (κ3) is 2.15. The highest BCUT2D eigenvalue weighted by Crippen LogP contribution is 2.31. The first-order valence-electron chi connectivity index (χ1n) is 4.00. The molecular weight excluding hydrogens is 266 g/mol. The maximum absolute atomic E-state index is 11.4. The van der Waals surface area contributed by atoms with Crippen LogP contribution in [0.2, 0.25) is 0 Å². The summed E-state index contributed by atoms with van der Waals surface area (Å²) in [5.41, 5.74) is 0.659. The van der Waals surface area contributed by atoms with Gasteiger partial charge in [-0.25, -0.2) is 4.79 Å². The van der Waals surface area contributed by atoms with Gasteiger partial charge in [0.25, 0.3) is 5.69 Å². The Balaban J connectivity index is 3.43. The Morgan fingerprint density at radius 2 is 2.13 bits per heavy atom. The van der Waals surface area contributed by atoms with E-state index in [0.717, 1.165) is 0 Å². The van der Waals surface area contributed by atoms with Crippen LogP contribution in [0.4, 0.5) is 5.69 Å². The predicted molar refractivity (Wildman–Crippen MR) is 56.9 cm³/mol. The van der Waals surface area contributed by atoms with Gasteiger partial charge in [-0.3, -0.25) is 10.1 Å². The molecule has 0 saturated heterocycles. The van der Waals surface area contributed by atoms with E-state index in [4.69, 9.17) is 0 Å². The molecule has 0 aliphatic heterocycles. The average molecular weight is 274 g/mol. The van der Waals surface area contributed by atoms with Crippen LogP contribution < -0.4 is 0 Å². The van der Waals surface area contributed by atoms with Crippen LogP contribution in [-0.2, 0) is 4.74 Å². The number of aryl methyl sites for hydroxylation is 1. The van der Waals surface area contributed by atoms with Crippen molar-refractivity contribution in [2.24, 2.45) is 0 Å². The quantitative estimate of drug-likeness (QED) is 0.472. The molecule has 0 fully saturated rings. The highest BCUT2D eigenvalue weighted by Gasteiger charge is 2.22. The average Bonchev–Trinajstić information content (AvgIpc) is 2.16. The maximum atomic E-state index is 11.4. The van der Waals surface area contributed by atoms with E-state index in [0.29, 0.717) is 5.56 Å². The van der Waals surface area contributed by atoms with Gasteiger partial charge in [0.05, 0.1) is 17.6 Å². The molecule has 0 spiro atoms. The van der Waals surface area contributed by atoms with Crippen molar-refractivity contribution >= 4 is 27.6 Å². The fraction of sp³-hybridized carbons (Fsp3) is 0.222. The number of esters is 1. The normalized spacial score (nSPS) is 9.80. The van der Waals surface area contributed by atoms with Crippen molar-refractivity contribution in [3.8, 4) is 0 Å². The van der Waals surface area contributed by atoms with Crippen LogP contribution >= 0.6 is 15.9 Å². The fourth-order valence-corrected chi connectivity index (χ4v) is 1.91. The Kier molecular flexibility index (Phi) is 3.41. The third-order valence-corrected chi connectivity index (χ3v) is 2.72. The zero-order valence-corrected chi connectivity index (χ0v) is 9.70. The van der Waals surface area contributed by atoms with Gasteiger partial charge in [0, 0.05) is 6.07 Å². The minimum atomic E-state index is -0.594. The lowest BCUT2D eigenvalue weighted by Gasteiger charge is -2.06. The summed E-state index contributed by atoms with van der Waals surface area (Å²) in [7, 11) is 1.23. The van der Waals surface area contributed by atoms with Crippen molar-refractivity contribution in [1.29, 1.82) is 0 Å². The highest BCUT2D eigenvalue weighted by atomic mass is 79.9. The van der Waals surface area contributed by atoms with Crippen molar-refractivity contribution in [3.63, 3.8) is 0 Å². The standard InChI is InChI=1S/C9H8BrNO4/c1-5-3-4-6(11(13)14)8(10)7(5)9(12)15-2/h3-4H,1-2H3. The van der Waals surface area contributed by atoms with E-state index < -0.39 is 10.9 Å². The van der Waals surface area contributed by atoms with Crippen LogP contribution in [-0.4, -0.2) is 18.0 Å². The smallest absolute Gasteiger partial charge is 0.339 e. The molecule has 0 amide bonds. The highest BCUT2D eigenvalue weighted by molar-refractivity contribution is 9.10. The molecule has 0 atom stereocenters. The molecule has 1 aromatic rings. The number of carbonyl (C=O) groups is 1. The molecule has 1 aromatic carbocycles. The van der Waals surface area contributed by atoms with E-state index in [9.17, 15) is 14.9 Å². The molecule has 15 heavy (non-hydrogen) atoms. The largest absolute Gasteiger partial charge is 0.465 e. The number of nitro groups is 1. The summed E-state index contributed by atoms with van der Waals surface area (Å²) in [6.07, 6.45) is 0. The van der Waals surface area contributed by atoms with E-state index in [1.807, 2.05) is 0 Å². The number of rotatable bonds is 2. The molecule has 0 aliphatic carbocycles. The predicted octanol–water partition coefficient (Wildman–Crippen LogP) is 2.45. The number of hydrogen-bond donors (Lipinski definition) is 0. The maximum Gasteiger partial charge on any atom is 0.339 e. The molecule has 0 bridgehead atoms. The Morgan fingerprint density at radius 1 is 1.53 bits per heavy atom. The molecule has 1 rings (SSSR count). The van der Waals surface area contributed by atoms with Crippen LogP contribution in [0.25, 0.3) is 0 Å². The van der Waals surface area contributed by atoms with Crippen molar-refractivity contribution in [3.05, 3.63) is 37.8 Å². The van der Waals surface area contributed by atoms with Gasteiger partial charge in [0.15, 0.2) is 0 Å². The van der Waals surface area contributed by atoms with Crippen molar-refractivity contribution < 1.29 is 14.5 Å². The zero-order valence-electron chi connectivity index (χ0n) is 8.11. The first-order valence-corrected chi connectivity index (χ1v) is 4.80. The summed E-state index contributed by atoms with van der Waals surface area (Å²) in [6, 6.07) is 2.85. The second kappa shape index (κ2) is 4.39. The van der Waals surface area contributed by atoms with Gasteiger partial charge < -0.3 is 4.74 Å². The second-order valence-electron chi connectivity index (χ2n) is 2.84. The Labute approximate surface area is 94.3 Å².